The number of hydrogen-bond donors (Lipinski definition) is 2. The van der Waals surface area contributed by atoms with E-state index in [1.54, 1.807) is 6.20 Å². The third kappa shape index (κ3) is 1.78. The molecule has 0 unspecified atom stereocenters. The molecule has 100 valence electrons. The molecule has 1 aromatic carbocycles. The quantitative estimate of drug-likeness (QED) is 0.726. The second kappa shape index (κ2) is 4.34. The van der Waals surface area contributed by atoms with Crippen molar-refractivity contribution in [2.75, 3.05) is 0 Å². The van der Waals surface area contributed by atoms with Crippen LogP contribution in [0.2, 0.25) is 0 Å². The normalized spacial score (nSPS) is 10.8. The molecule has 0 saturated carbocycles. The number of nitrogens with two attached hydrogens (primary N) is 1. The average Bonchev–Trinajstić information content (AvgIpc) is 2.85. The first-order valence-corrected chi connectivity index (χ1v) is 6.02. The van der Waals surface area contributed by atoms with Gasteiger partial charge in [-0.15, -0.1) is 0 Å². The maximum Gasteiger partial charge on any atom is 0.347 e. The Morgan fingerprint density at radius 3 is 2.85 bits per heavy atom. The number of aromatic amines is 1. The molecule has 0 bridgehead atoms. The molecule has 6 nitrogen and oxygen atoms in total. The van der Waals surface area contributed by atoms with Crippen LogP contribution in [0.15, 0.2) is 41.5 Å². The number of benzene rings is 1. The van der Waals surface area contributed by atoms with Gasteiger partial charge in [0.1, 0.15) is 0 Å². The number of carbonyl (C=O) groups excluding carboxylic acids is 1. The number of H-pyrrole nitrogens is 1. The van der Waals surface area contributed by atoms with Crippen LogP contribution in [0.25, 0.3) is 22.2 Å². The Hall–Kier alpha value is -2.89. The summed E-state index contributed by atoms with van der Waals surface area (Å²) < 4.78 is 1.23. The summed E-state index contributed by atoms with van der Waals surface area (Å²) in [6.07, 6.45) is 3.13. The zero-order chi connectivity index (χ0) is 14.3. The van der Waals surface area contributed by atoms with Gasteiger partial charge in [0.15, 0.2) is 0 Å². The van der Waals surface area contributed by atoms with Crippen molar-refractivity contribution in [3.63, 3.8) is 0 Å². The molecule has 0 spiro atoms. The van der Waals surface area contributed by atoms with Crippen LogP contribution in [0.5, 0.6) is 0 Å². The highest BCUT2D eigenvalue weighted by Gasteiger charge is 2.16. The summed E-state index contributed by atoms with van der Waals surface area (Å²) in [6, 6.07) is 7.58. The van der Waals surface area contributed by atoms with E-state index in [9.17, 15) is 9.59 Å². The van der Waals surface area contributed by atoms with Crippen LogP contribution in [-0.2, 0) is 7.05 Å². The van der Waals surface area contributed by atoms with Crippen LogP contribution in [0.3, 0.4) is 0 Å². The van der Waals surface area contributed by atoms with Crippen LogP contribution in [0.4, 0.5) is 0 Å². The Bertz CT molecular complexity index is 876. The number of aryl methyl sites for hydroxylation is 1. The lowest BCUT2D eigenvalue weighted by Crippen LogP contribution is -2.25. The van der Waals surface area contributed by atoms with Crippen molar-refractivity contribution in [1.29, 1.82) is 0 Å². The van der Waals surface area contributed by atoms with Crippen LogP contribution in [0.1, 0.15) is 10.4 Å². The fourth-order valence-electron chi connectivity index (χ4n) is 2.20. The van der Waals surface area contributed by atoms with Crippen molar-refractivity contribution in [1.82, 2.24) is 14.5 Å². The molecule has 0 aliphatic rings. The van der Waals surface area contributed by atoms with Crippen LogP contribution >= 0.6 is 0 Å². The predicted molar refractivity (Wildman–Crippen MR) is 75.3 cm³/mol. The molecule has 0 radical (unpaired) electrons. The summed E-state index contributed by atoms with van der Waals surface area (Å²) in [5, 5.41) is 0.885. The van der Waals surface area contributed by atoms with E-state index in [-0.39, 0.29) is 5.56 Å². The minimum Gasteiger partial charge on any atom is -0.365 e. The van der Waals surface area contributed by atoms with Gasteiger partial charge in [-0.2, -0.15) is 4.98 Å². The van der Waals surface area contributed by atoms with Crippen LogP contribution < -0.4 is 11.4 Å². The number of carbonyl (C=O) groups is 1. The topological polar surface area (TPSA) is 93.8 Å². The number of nitrogens with one attached hydrogen (secondary N) is 1. The molecule has 6 heteroatoms. The van der Waals surface area contributed by atoms with E-state index in [0.29, 0.717) is 11.3 Å². The highest BCUT2D eigenvalue weighted by atomic mass is 16.1. The summed E-state index contributed by atoms with van der Waals surface area (Å²) >= 11 is 0. The zero-order valence-corrected chi connectivity index (χ0v) is 10.8. The minimum absolute atomic E-state index is 0.219. The Morgan fingerprint density at radius 1 is 1.35 bits per heavy atom. The van der Waals surface area contributed by atoms with Gasteiger partial charge in [0.05, 0.1) is 11.3 Å². The summed E-state index contributed by atoms with van der Waals surface area (Å²) in [4.78, 5) is 30.4. The second-order valence-electron chi connectivity index (χ2n) is 4.51. The lowest BCUT2D eigenvalue weighted by molar-refractivity contribution is 0.1000. The summed E-state index contributed by atoms with van der Waals surface area (Å²) in [5.41, 5.74) is 7.06. The molecule has 0 fully saturated rings. The Kier molecular flexibility index (Phi) is 2.64. The van der Waals surface area contributed by atoms with E-state index in [2.05, 4.69) is 9.97 Å². The number of fused-ring (bicyclic) bond motifs is 1. The molecule has 3 N–H and O–H groups in total. The van der Waals surface area contributed by atoms with Gasteiger partial charge < -0.3 is 15.3 Å². The fourth-order valence-corrected chi connectivity index (χ4v) is 2.20. The van der Waals surface area contributed by atoms with Crippen molar-refractivity contribution in [3.05, 3.63) is 52.7 Å². The average molecular weight is 268 g/mol. The van der Waals surface area contributed by atoms with E-state index in [1.165, 1.54) is 17.8 Å². The smallest absolute Gasteiger partial charge is 0.347 e. The number of aromatic nitrogens is 3. The van der Waals surface area contributed by atoms with E-state index >= 15 is 0 Å². The van der Waals surface area contributed by atoms with E-state index < -0.39 is 11.6 Å². The van der Waals surface area contributed by atoms with Crippen LogP contribution in [0, 0.1) is 0 Å². The van der Waals surface area contributed by atoms with Gasteiger partial charge in [0, 0.05) is 35.9 Å². The predicted octanol–water partition coefficient (Wildman–Crippen LogP) is 1.03. The molecular weight excluding hydrogens is 256 g/mol. The highest BCUT2D eigenvalue weighted by Crippen LogP contribution is 2.28. The number of primary amides is 1. The Balaban J connectivity index is 2.37. The van der Waals surface area contributed by atoms with E-state index in [4.69, 9.17) is 5.73 Å². The Morgan fingerprint density at radius 2 is 2.10 bits per heavy atom. The van der Waals surface area contributed by atoms with Gasteiger partial charge in [-0.05, 0) is 6.07 Å². The van der Waals surface area contributed by atoms with Gasteiger partial charge in [0.25, 0.3) is 5.91 Å². The van der Waals surface area contributed by atoms with Crippen molar-refractivity contribution in [2.45, 2.75) is 0 Å². The maximum absolute atomic E-state index is 11.7. The first-order chi connectivity index (χ1) is 9.58. The molecule has 0 atom stereocenters. The Labute approximate surface area is 113 Å². The lowest BCUT2D eigenvalue weighted by Gasteiger charge is -2.06. The summed E-state index contributed by atoms with van der Waals surface area (Å²) in [6.45, 7) is 0. The maximum atomic E-state index is 11.7. The molecule has 0 aliphatic heterocycles. The standard InChI is InChI=1S/C14H12N4O2/c1-18-7-10(13(15)19)12(17-14(18)20)9-6-16-11-5-3-2-4-8(9)11/h2-7,16H,1H3,(H2,15,19). The second-order valence-corrected chi connectivity index (χ2v) is 4.51. The molecule has 0 saturated heterocycles. The molecular formula is C14H12N4O2. The molecule has 20 heavy (non-hydrogen) atoms. The van der Waals surface area contributed by atoms with Gasteiger partial charge in [0.2, 0.25) is 0 Å². The van der Waals surface area contributed by atoms with Gasteiger partial charge in [-0.3, -0.25) is 4.79 Å². The lowest BCUT2D eigenvalue weighted by atomic mass is 10.1. The molecule has 2 heterocycles. The highest BCUT2D eigenvalue weighted by molar-refractivity contribution is 6.03. The zero-order valence-electron chi connectivity index (χ0n) is 10.8. The molecule has 0 aliphatic carbocycles. The van der Waals surface area contributed by atoms with Gasteiger partial charge in [-0.25, -0.2) is 4.79 Å². The van der Waals surface area contributed by atoms with Crippen molar-refractivity contribution in [3.8, 4) is 11.3 Å². The number of hydrogen-bond acceptors (Lipinski definition) is 3. The van der Waals surface area contributed by atoms with Crippen molar-refractivity contribution < 1.29 is 4.79 Å². The third-order valence-electron chi connectivity index (χ3n) is 3.20. The van der Waals surface area contributed by atoms with Crippen molar-refractivity contribution >= 4 is 16.8 Å². The van der Waals surface area contributed by atoms with Gasteiger partial charge in [-0.1, -0.05) is 18.2 Å². The third-order valence-corrected chi connectivity index (χ3v) is 3.20. The van der Waals surface area contributed by atoms with Gasteiger partial charge >= 0.3 is 5.69 Å². The fraction of sp³-hybridized carbons (Fsp3) is 0.0714. The SMILES string of the molecule is Cn1cc(C(N)=O)c(-c2c[nH]c3ccccc23)nc1=O. The summed E-state index contributed by atoms with van der Waals surface area (Å²) in [7, 11) is 1.53. The largest absolute Gasteiger partial charge is 0.365 e. The molecule has 3 rings (SSSR count). The number of amides is 1. The first kappa shape index (κ1) is 12.2. The monoisotopic (exact) mass is 268 g/mol. The first-order valence-electron chi connectivity index (χ1n) is 6.02. The molecule has 3 aromatic rings. The number of nitrogens with zero attached hydrogens (tertiary/aromatic N) is 2. The molecule has 2 aromatic heterocycles. The minimum atomic E-state index is -0.617. The van der Waals surface area contributed by atoms with E-state index in [1.807, 2.05) is 24.3 Å². The summed E-state index contributed by atoms with van der Waals surface area (Å²) in [5.74, 6) is -0.617. The number of para-hydroxylation sites is 1. The number of rotatable bonds is 2. The van der Waals surface area contributed by atoms with Crippen molar-refractivity contribution in [2.24, 2.45) is 12.8 Å². The molecule has 1 amide bonds. The van der Waals surface area contributed by atoms with Crippen LogP contribution in [-0.4, -0.2) is 20.4 Å². The van der Waals surface area contributed by atoms with E-state index in [0.717, 1.165) is 10.9 Å².